The molecular weight excluding hydrogens is 190 g/mol. The van der Waals surface area contributed by atoms with Crippen molar-refractivity contribution >= 4 is 5.97 Å². The molecule has 0 aliphatic carbocycles. The first-order valence-electron chi connectivity index (χ1n) is 5.75. The van der Waals surface area contributed by atoms with E-state index in [2.05, 4.69) is 11.7 Å². The second kappa shape index (κ2) is 5.50. The van der Waals surface area contributed by atoms with Crippen LogP contribution < -0.4 is 5.32 Å². The number of hydrogen-bond donors (Lipinski definition) is 2. The van der Waals surface area contributed by atoms with Gasteiger partial charge in [0.1, 0.15) is 0 Å². The van der Waals surface area contributed by atoms with E-state index in [0.29, 0.717) is 5.92 Å². The predicted molar refractivity (Wildman–Crippen MR) is 60.5 cm³/mol. The van der Waals surface area contributed by atoms with Gasteiger partial charge in [-0.1, -0.05) is 13.8 Å². The van der Waals surface area contributed by atoms with Crippen LogP contribution in [0.2, 0.25) is 0 Å². The topological polar surface area (TPSA) is 49.3 Å². The summed E-state index contributed by atoms with van der Waals surface area (Å²) in [7, 11) is 0. The maximum atomic E-state index is 10.6. The molecule has 0 atom stereocenters. The van der Waals surface area contributed by atoms with Gasteiger partial charge in [0.05, 0.1) is 6.42 Å². The zero-order chi connectivity index (χ0) is 11.3. The Bertz CT molecular complexity index is 208. The Hall–Kier alpha value is -0.570. The van der Waals surface area contributed by atoms with Crippen LogP contribution in [0.15, 0.2) is 0 Å². The number of carboxylic acid groups (broad SMARTS) is 1. The first kappa shape index (κ1) is 12.5. The van der Waals surface area contributed by atoms with Crippen molar-refractivity contribution in [2.75, 3.05) is 13.1 Å². The molecule has 0 bridgehead atoms. The second-order valence-electron chi connectivity index (χ2n) is 5.26. The molecule has 15 heavy (non-hydrogen) atoms. The van der Waals surface area contributed by atoms with Crippen molar-refractivity contribution in [1.82, 2.24) is 5.32 Å². The highest BCUT2D eigenvalue weighted by Gasteiger charge is 2.24. The Labute approximate surface area is 92.3 Å². The second-order valence-corrected chi connectivity index (χ2v) is 5.26. The van der Waals surface area contributed by atoms with Gasteiger partial charge in [0.2, 0.25) is 0 Å². The van der Waals surface area contributed by atoms with Crippen LogP contribution in [0.25, 0.3) is 0 Å². The molecule has 3 heteroatoms. The molecule has 0 spiro atoms. The summed E-state index contributed by atoms with van der Waals surface area (Å²) in [6, 6.07) is 0. The van der Waals surface area contributed by atoms with Gasteiger partial charge in [0.15, 0.2) is 0 Å². The van der Waals surface area contributed by atoms with Crippen molar-refractivity contribution in [2.24, 2.45) is 11.3 Å². The van der Waals surface area contributed by atoms with Crippen LogP contribution >= 0.6 is 0 Å². The van der Waals surface area contributed by atoms with Crippen LogP contribution in [0, 0.1) is 17.8 Å². The van der Waals surface area contributed by atoms with Crippen molar-refractivity contribution in [3.05, 3.63) is 6.42 Å². The van der Waals surface area contributed by atoms with E-state index in [1.165, 1.54) is 12.8 Å². The molecule has 1 aliphatic heterocycles. The number of rotatable bonds is 5. The summed E-state index contributed by atoms with van der Waals surface area (Å²) in [6.07, 6.45) is 5.88. The third-order valence-electron chi connectivity index (χ3n) is 3.02. The fourth-order valence-electron chi connectivity index (χ4n) is 2.05. The van der Waals surface area contributed by atoms with Gasteiger partial charge in [-0.15, -0.1) is 0 Å². The lowest BCUT2D eigenvalue weighted by molar-refractivity contribution is -0.139. The lowest BCUT2D eigenvalue weighted by Crippen LogP contribution is -2.29. The number of carbonyl (C=O) groups is 1. The molecule has 1 rings (SSSR count). The molecule has 1 fully saturated rings. The molecule has 1 radical (unpaired) electrons. The molecule has 2 N–H and O–H groups in total. The van der Waals surface area contributed by atoms with Crippen LogP contribution in [-0.4, -0.2) is 24.2 Å². The van der Waals surface area contributed by atoms with Crippen molar-refractivity contribution in [2.45, 2.75) is 39.5 Å². The maximum absolute atomic E-state index is 10.6. The molecule has 0 aromatic rings. The summed E-state index contributed by atoms with van der Waals surface area (Å²) in [5.74, 6) is -0.0157. The van der Waals surface area contributed by atoms with Crippen LogP contribution in [0.5, 0.6) is 0 Å². The Morgan fingerprint density at radius 3 is 2.60 bits per heavy atom. The van der Waals surface area contributed by atoms with E-state index >= 15 is 0 Å². The predicted octanol–water partition coefficient (Wildman–Crippen LogP) is 2.08. The summed E-state index contributed by atoms with van der Waals surface area (Å²) in [4.78, 5) is 10.6. The number of carboxylic acids is 1. The van der Waals surface area contributed by atoms with Crippen molar-refractivity contribution in [1.29, 1.82) is 0 Å². The molecule has 3 nitrogen and oxygen atoms in total. The highest BCUT2D eigenvalue weighted by Crippen LogP contribution is 2.30. The SMILES string of the molecule is CC(C)(C[CH]C1CCNCC1)CC(=O)O. The number of nitrogens with one attached hydrogen (secondary N) is 1. The van der Waals surface area contributed by atoms with E-state index in [4.69, 9.17) is 5.11 Å². The molecule has 0 aromatic carbocycles. The zero-order valence-corrected chi connectivity index (χ0v) is 9.75. The summed E-state index contributed by atoms with van der Waals surface area (Å²) in [5, 5.41) is 12.1. The fraction of sp³-hybridized carbons (Fsp3) is 0.833. The van der Waals surface area contributed by atoms with Gasteiger partial charge in [0, 0.05) is 0 Å². The quantitative estimate of drug-likeness (QED) is 0.733. The Morgan fingerprint density at radius 2 is 2.07 bits per heavy atom. The summed E-state index contributed by atoms with van der Waals surface area (Å²) >= 11 is 0. The normalized spacial score (nSPS) is 19.1. The van der Waals surface area contributed by atoms with E-state index in [1.54, 1.807) is 0 Å². The summed E-state index contributed by atoms with van der Waals surface area (Å²) in [5.41, 5.74) is -0.100. The first-order chi connectivity index (χ1) is 6.99. The lowest BCUT2D eigenvalue weighted by atomic mass is 9.80. The van der Waals surface area contributed by atoms with Crippen molar-refractivity contribution < 1.29 is 9.90 Å². The third kappa shape index (κ3) is 5.17. The van der Waals surface area contributed by atoms with E-state index in [0.717, 1.165) is 19.5 Å². The number of aliphatic carboxylic acids is 1. The minimum Gasteiger partial charge on any atom is -0.481 e. The van der Waals surface area contributed by atoms with E-state index in [1.807, 2.05) is 13.8 Å². The molecule has 87 valence electrons. The number of hydrogen-bond acceptors (Lipinski definition) is 2. The van der Waals surface area contributed by atoms with Gasteiger partial charge in [0.25, 0.3) is 0 Å². The molecule has 0 unspecified atom stereocenters. The molecule has 1 aliphatic rings. The van der Waals surface area contributed by atoms with Gasteiger partial charge in [-0.05, 0) is 50.1 Å². The molecule has 0 aromatic heterocycles. The fourth-order valence-corrected chi connectivity index (χ4v) is 2.05. The molecular formula is C12H22NO2. The van der Waals surface area contributed by atoms with E-state index in [-0.39, 0.29) is 11.8 Å². The van der Waals surface area contributed by atoms with Crippen LogP contribution in [0.4, 0.5) is 0 Å². The van der Waals surface area contributed by atoms with Crippen LogP contribution in [0.1, 0.15) is 39.5 Å². The van der Waals surface area contributed by atoms with Gasteiger partial charge < -0.3 is 10.4 Å². The minimum absolute atomic E-state index is 0.100. The third-order valence-corrected chi connectivity index (χ3v) is 3.02. The summed E-state index contributed by atoms with van der Waals surface area (Å²) < 4.78 is 0. The highest BCUT2D eigenvalue weighted by atomic mass is 16.4. The first-order valence-corrected chi connectivity index (χ1v) is 5.75. The average molecular weight is 212 g/mol. The molecule has 1 heterocycles. The van der Waals surface area contributed by atoms with Gasteiger partial charge in [-0.2, -0.15) is 0 Å². The average Bonchev–Trinajstić information content (AvgIpc) is 2.15. The highest BCUT2D eigenvalue weighted by molar-refractivity contribution is 5.67. The lowest BCUT2D eigenvalue weighted by Gasteiger charge is -2.27. The molecule has 0 saturated carbocycles. The van der Waals surface area contributed by atoms with Gasteiger partial charge in [-0.25, -0.2) is 0 Å². The van der Waals surface area contributed by atoms with Gasteiger partial charge >= 0.3 is 5.97 Å². The van der Waals surface area contributed by atoms with E-state index in [9.17, 15) is 4.79 Å². The van der Waals surface area contributed by atoms with Crippen LogP contribution in [-0.2, 0) is 4.79 Å². The molecule has 0 amide bonds. The van der Waals surface area contributed by atoms with Crippen molar-refractivity contribution in [3.8, 4) is 0 Å². The Balaban J connectivity index is 2.24. The Kier molecular flexibility index (Phi) is 4.58. The standard InChI is InChI=1S/C12H22NO2/c1-12(2,9-11(14)15)6-3-10-4-7-13-8-5-10/h3,10,13H,4-9H2,1-2H3,(H,14,15). The molecule has 1 saturated heterocycles. The van der Waals surface area contributed by atoms with E-state index < -0.39 is 5.97 Å². The maximum Gasteiger partial charge on any atom is 0.303 e. The summed E-state index contributed by atoms with van der Waals surface area (Å²) in [6.45, 7) is 6.25. The zero-order valence-electron chi connectivity index (χ0n) is 9.75. The van der Waals surface area contributed by atoms with Gasteiger partial charge in [-0.3, -0.25) is 4.79 Å². The smallest absolute Gasteiger partial charge is 0.303 e. The Morgan fingerprint density at radius 1 is 1.47 bits per heavy atom. The monoisotopic (exact) mass is 212 g/mol. The number of piperidine rings is 1. The minimum atomic E-state index is -0.696. The van der Waals surface area contributed by atoms with Crippen molar-refractivity contribution in [3.63, 3.8) is 0 Å². The largest absolute Gasteiger partial charge is 0.481 e. The van der Waals surface area contributed by atoms with Crippen LogP contribution in [0.3, 0.4) is 0 Å².